The van der Waals surface area contributed by atoms with Crippen molar-refractivity contribution in [1.29, 1.82) is 0 Å². The number of likely N-dealkylation sites (tertiary alicyclic amines) is 1. The molecule has 0 radical (unpaired) electrons. The smallest absolute Gasteiger partial charge is 0.410 e. The molecule has 9 heteroatoms. The Hall–Kier alpha value is -3.85. The van der Waals surface area contributed by atoms with Gasteiger partial charge in [0.25, 0.3) is 5.91 Å². The first-order chi connectivity index (χ1) is 21.9. The molecule has 0 atom stereocenters. The Bertz CT molecular complexity index is 1520. The highest BCUT2D eigenvalue weighted by Crippen LogP contribution is 2.33. The zero-order valence-corrected chi connectivity index (χ0v) is 28.9. The van der Waals surface area contributed by atoms with E-state index in [0.717, 1.165) is 63.4 Å². The maximum absolute atomic E-state index is 13.6. The molecule has 0 saturated carbocycles. The monoisotopic (exact) mass is 628 g/mol. The van der Waals surface area contributed by atoms with Crippen LogP contribution in [0.15, 0.2) is 42.6 Å². The lowest BCUT2D eigenvalue weighted by Crippen LogP contribution is -2.47. The fraction of sp³-hybridized carbons (Fsp3) is 0.541. The number of aryl methyl sites for hydroxylation is 4. The Morgan fingerprint density at radius 2 is 1.59 bits per heavy atom. The third kappa shape index (κ3) is 8.10. The predicted molar refractivity (Wildman–Crippen MR) is 184 cm³/mol. The number of ether oxygens (including phenoxy) is 1. The lowest BCUT2D eigenvalue weighted by Gasteiger charge is -2.37. The molecular weight excluding hydrogens is 576 g/mol. The van der Waals surface area contributed by atoms with Gasteiger partial charge in [-0.05, 0) is 115 Å². The number of carbonyl (C=O) groups excluding carboxylic acids is 2. The largest absolute Gasteiger partial charge is 0.444 e. The van der Waals surface area contributed by atoms with E-state index in [4.69, 9.17) is 9.84 Å². The molecule has 2 saturated heterocycles. The number of nitrogens with zero attached hydrogens (tertiary/aromatic N) is 5. The van der Waals surface area contributed by atoms with Crippen LogP contribution < -0.4 is 10.2 Å². The molecule has 2 aliphatic rings. The second-order valence-corrected chi connectivity index (χ2v) is 14.1. The SMILES string of the molecule is Cc1ccc(C)c(N2CCN(CCCNC(=O)c3cnn(-c4ccc(C)c(C)c4)c3C3CCN(C(=O)OC(C)(C)C)CC3)CC2)c1. The fourth-order valence-electron chi connectivity index (χ4n) is 6.52. The molecule has 2 fully saturated rings. The lowest BCUT2D eigenvalue weighted by atomic mass is 9.90. The van der Waals surface area contributed by atoms with Gasteiger partial charge >= 0.3 is 6.09 Å². The number of benzene rings is 2. The van der Waals surface area contributed by atoms with Crippen LogP contribution in [0, 0.1) is 27.7 Å². The van der Waals surface area contributed by atoms with Crippen LogP contribution in [0.2, 0.25) is 0 Å². The number of rotatable bonds is 8. The summed E-state index contributed by atoms with van der Waals surface area (Å²) >= 11 is 0. The van der Waals surface area contributed by atoms with Crippen LogP contribution in [-0.4, -0.2) is 89.5 Å². The number of piperazine rings is 1. The summed E-state index contributed by atoms with van der Waals surface area (Å²) in [5, 5.41) is 7.93. The van der Waals surface area contributed by atoms with Crippen LogP contribution in [0.5, 0.6) is 0 Å². The summed E-state index contributed by atoms with van der Waals surface area (Å²) in [5.41, 5.74) is 8.33. The Morgan fingerprint density at radius 1 is 0.891 bits per heavy atom. The highest BCUT2D eigenvalue weighted by Gasteiger charge is 2.32. The molecule has 1 aromatic heterocycles. The zero-order valence-electron chi connectivity index (χ0n) is 28.9. The van der Waals surface area contributed by atoms with Crippen molar-refractivity contribution in [2.75, 3.05) is 57.3 Å². The molecule has 2 amide bonds. The van der Waals surface area contributed by atoms with Gasteiger partial charge in [-0.2, -0.15) is 5.10 Å². The number of carbonyl (C=O) groups is 2. The van der Waals surface area contributed by atoms with Gasteiger partial charge in [-0.15, -0.1) is 0 Å². The Balaban J connectivity index is 1.20. The van der Waals surface area contributed by atoms with Crippen molar-refractivity contribution < 1.29 is 14.3 Å². The Labute approximate surface area is 274 Å². The summed E-state index contributed by atoms with van der Waals surface area (Å²) in [6.45, 7) is 21.0. The maximum atomic E-state index is 13.6. The second kappa shape index (κ2) is 14.3. The number of amides is 2. The summed E-state index contributed by atoms with van der Waals surface area (Å²) in [6.07, 6.45) is 3.81. The molecule has 3 heterocycles. The van der Waals surface area contributed by atoms with Crippen molar-refractivity contribution in [1.82, 2.24) is 24.9 Å². The third-order valence-electron chi connectivity index (χ3n) is 9.33. The van der Waals surface area contributed by atoms with E-state index in [2.05, 4.69) is 79.2 Å². The Morgan fingerprint density at radius 3 is 2.26 bits per heavy atom. The minimum absolute atomic E-state index is 0.0839. The molecule has 248 valence electrons. The fourth-order valence-corrected chi connectivity index (χ4v) is 6.52. The predicted octanol–water partition coefficient (Wildman–Crippen LogP) is 6.16. The first kappa shape index (κ1) is 33.5. The summed E-state index contributed by atoms with van der Waals surface area (Å²) in [6, 6.07) is 13.0. The molecule has 5 rings (SSSR count). The topological polar surface area (TPSA) is 82.9 Å². The van der Waals surface area contributed by atoms with Crippen molar-refractivity contribution in [3.05, 3.63) is 76.1 Å². The normalized spacial score (nSPS) is 16.5. The van der Waals surface area contributed by atoms with Gasteiger partial charge in [-0.1, -0.05) is 18.2 Å². The molecule has 0 unspecified atom stereocenters. The molecule has 2 aliphatic heterocycles. The van der Waals surface area contributed by atoms with E-state index in [1.165, 1.54) is 27.9 Å². The van der Waals surface area contributed by atoms with Gasteiger partial charge in [0.15, 0.2) is 0 Å². The van der Waals surface area contributed by atoms with Gasteiger partial charge in [0, 0.05) is 57.4 Å². The minimum atomic E-state index is -0.532. The molecule has 46 heavy (non-hydrogen) atoms. The van der Waals surface area contributed by atoms with E-state index < -0.39 is 5.60 Å². The van der Waals surface area contributed by atoms with Crippen LogP contribution in [0.4, 0.5) is 10.5 Å². The highest BCUT2D eigenvalue weighted by molar-refractivity contribution is 5.95. The molecule has 0 spiro atoms. The minimum Gasteiger partial charge on any atom is -0.444 e. The number of hydrogen-bond acceptors (Lipinski definition) is 6. The van der Waals surface area contributed by atoms with Gasteiger partial charge < -0.3 is 19.9 Å². The lowest BCUT2D eigenvalue weighted by molar-refractivity contribution is 0.0203. The average molecular weight is 629 g/mol. The maximum Gasteiger partial charge on any atom is 0.410 e. The summed E-state index contributed by atoms with van der Waals surface area (Å²) in [5.74, 6) is 0.0104. The summed E-state index contributed by atoms with van der Waals surface area (Å²) in [7, 11) is 0. The van der Waals surface area contributed by atoms with E-state index >= 15 is 0 Å². The average Bonchev–Trinajstić information content (AvgIpc) is 3.47. The van der Waals surface area contributed by atoms with E-state index in [1.807, 2.05) is 25.5 Å². The van der Waals surface area contributed by atoms with Gasteiger partial charge in [-0.3, -0.25) is 9.69 Å². The van der Waals surface area contributed by atoms with E-state index in [1.54, 1.807) is 11.1 Å². The first-order valence-electron chi connectivity index (χ1n) is 16.9. The van der Waals surface area contributed by atoms with Gasteiger partial charge in [0.05, 0.1) is 23.1 Å². The van der Waals surface area contributed by atoms with E-state index in [0.29, 0.717) is 25.2 Å². The number of anilines is 1. The zero-order chi connectivity index (χ0) is 33.0. The van der Waals surface area contributed by atoms with E-state index in [9.17, 15) is 9.59 Å². The molecule has 0 aliphatic carbocycles. The van der Waals surface area contributed by atoms with Crippen molar-refractivity contribution in [3.8, 4) is 5.69 Å². The quantitative estimate of drug-likeness (QED) is 0.301. The van der Waals surface area contributed by atoms with Gasteiger partial charge in [-0.25, -0.2) is 9.48 Å². The van der Waals surface area contributed by atoms with Crippen molar-refractivity contribution in [3.63, 3.8) is 0 Å². The molecular formula is C37H52N6O3. The molecule has 9 nitrogen and oxygen atoms in total. The highest BCUT2D eigenvalue weighted by atomic mass is 16.6. The van der Waals surface area contributed by atoms with Crippen molar-refractivity contribution in [2.24, 2.45) is 0 Å². The van der Waals surface area contributed by atoms with Crippen LogP contribution in [0.1, 0.15) is 84.3 Å². The van der Waals surface area contributed by atoms with Crippen molar-refractivity contribution in [2.45, 2.75) is 79.2 Å². The van der Waals surface area contributed by atoms with Crippen LogP contribution in [0.25, 0.3) is 5.69 Å². The van der Waals surface area contributed by atoms with Gasteiger partial charge in [0.1, 0.15) is 5.60 Å². The third-order valence-corrected chi connectivity index (χ3v) is 9.33. The number of piperidine rings is 1. The van der Waals surface area contributed by atoms with Crippen LogP contribution in [0.3, 0.4) is 0 Å². The number of nitrogens with one attached hydrogen (secondary N) is 1. The Kier molecular flexibility index (Phi) is 10.4. The van der Waals surface area contributed by atoms with Crippen LogP contribution >= 0.6 is 0 Å². The van der Waals surface area contributed by atoms with Gasteiger partial charge in [0.2, 0.25) is 0 Å². The molecule has 2 aromatic carbocycles. The van der Waals surface area contributed by atoms with Crippen LogP contribution in [-0.2, 0) is 4.74 Å². The van der Waals surface area contributed by atoms with E-state index in [-0.39, 0.29) is 17.9 Å². The molecule has 0 bridgehead atoms. The van der Waals surface area contributed by atoms with Crippen molar-refractivity contribution >= 4 is 17.7 Å². The summed E-state index contributed by atoms with van der Waals surface area (Å²) < 4.78 is 7.55. The standard InChI is InChI=1S/C37H52N6O3/c1-26-9-10-28(3)33(23-26)41-21-19-40(20-22-41)16-8-15-38-35(44)32-25-39-43(31-12-11-27(2)29(4)24-31)34(32)30-13-17-42(18-14-30)36(45)46-37(5,6)7/h9-12,23-25,30H,8,13-22H2,1-7H3,(H,38,44). The first-order valence-corrected chi connectivity index (χ1v) is 16.9. The number of hydrogen-bond donors (Lipinski definition) is 1. The second-order valence-electron chi connectivity index (χ2n) is 14.1. The molecule has 1 N–H and O–H groups in total. The molecule has 3 aromatic rings. The summed E-state index contributed by atoms with van der Waals surface area (Å²) in [4.78, 5) is 33.1. The number of aromatic nitrogens is 2.